The van der Waals surface area contributed by atoms with Gasteiger partial charge in [0.2, 0.25) is 0 Å². The number of nitrogens with one attached hydrogen (secondary N) is 2. The molecule has 0 spiro atoms. The van der Waals surface area contributed by atoms with Crippen molar-refractivity contribution in [2.75, 3.05) is 18.6 Å². The lowest BCUT2D eigenvalue weighted by molar-refractivity contribution is 0.118. The fraction of sp³-hybridized carbons (Fsp3) is 0.385. The number of hydrogen-bond acceptors (Lipinski definition) is 6. The molecule has 3 aromatic heterocycles. The summed E-state index contributed by atoms with van der Waals surface area (Å²) in [7, 11) is 1.73. The summed E-state index contributed by atoms with van der Waals surface area (Å²) in [6, 6.07) is 2.06. The first kappa shape index (κ1) is 12.3. The molecule has 0 radical (unpaired) electrons. The number of nitrogens with zero attached hydrogens (tertiary/aromatic N) is 5. The molecular weight excluding hydrogens is 270 g/mol. The van der Waals surface area contributed by atoms with Crippen molar-refractivity contribution in [3.63, 3.8) is 0 Å². The van der Waals surface area contributed by atoms with Crippen molar-refractivity contribution in [3.05, 3.63) is 30.7 Å². The number of H-pyrrole nitrogens is 2. The first-order valence-corrected chi connectivity index (χ1v) is 6.79. The minimum Gasteiger partial charge on any atom is -0.380 e. The monoisotopic (exact) mass is 285 g/mol. The van der Waals surface area contributed by atoms with E-state index in [0.29, 0.717) is 0 Å². The van der Waals surface area contributed by atoms with Crippen LogP contribution in [0, 0.1) is 0 Å². The summed E-state index contributed by atoms with van der Waals surface area (Å²) in [5.41, 5.74) is 0.831. The Balaban J connectivity index is 1.79. The quantitative estimate of drug-likeness (QED) is 0.746. The molecule has 0 unspecified atom stereocenters. The highest BCUT2D eigenvalue weighted by atomic mass is 16.5. The Labute approximate surface area is 120 Å². The smallest absolute Gasteiger partial charge is 0.147 e. The van der Waals surface area contributed by atoms with Crippen LogP contribution < -0.4 is 4.90 Å². The summed E-state index contributed by atoms with van der Waals surface area (Å²) >= 11 is 0. The summed E-state index contributed by atoms with van der Waals surface area (Å²) in [4.78, 5) is 18.3. The third kappa shape index (κ3) is 1.95. The molecule has 0 aliphatic carbocycles. The molecule has 108 valence electrons. The molecule has 1 saturated heterocycles. The third-order valence-electron chi connectivity index (χ3n) is 3.95. The second-order valence-corrected chi connectivity index (χ2v) is 5.07. The maximum absolute atomic E-state index is 5.53. The van der Waals surface area contributed by atoms with Crippen LogP contribution in [0.4, 0.5) is 5.82 Å². The molecule has 8 nitrogen and oxygen atoms in total. The highest BCUT2D eigenvalue weighted by Gasteiger charge is 2.36. The lowest BCUT2D eigenvalue weighted by Crippen LogP contribution is -2.26. The number of hydrogen-bond donors (Lipinski definition) is 2. The Morgan fingerprint density at radius 1 is 1.29 bits per heavy atom. The molecule has 0 saturated carbocycles. The predicted octanol–water partition coefficient (Wildman–Crippen LogP) is 1.04. The second kappa shape index (κ2) is 4.81. The van der Waals surface area contributed by atoms with Gasteiger partial charge in [-0.3, -0.25) is 5.10 Å². The number of ether oxygens (including phenoxy) is 1. The van der Waals surface area contributed by atoms with E-state index >= 15 is 0 Å². The summed E-state index contributed by atoms with van der Waals surface area (Å²) in [5, 5.41) is 7.91. The molecule has 0 bridgehead atoms. The van der Waals surface area contributed by atoms with Crippen LogP contribution >= 0.6 is 0 Å². The zero-order valence-corrected chi connectivity index (χ0v) is 11.5. The fourth-order valence-corrected chi connectivity index (χ4v) is 2.92. The number of rotatable bonds is 3. The molecule has 21 heavy (non-hydrogen) atoms. The number of anilines is 1. The molecule has 8 heteroatoms. The van der Waals surface area contributed by atoms with Gasteiger partial charge in [-0.1, -0.05) is 0 Å². The molecule has 1 fully saturated rings. The van der Waals surface area contributed by atoms with Gasteiger partial charge in [-0.15, -0.1) is 0 Å². The van der Waals surface area contributed by atoms with Crippen LogP contribution in [0.15, 0.2) is 24.9 Å². The summed E-state index contributed by atoms with van der Waals surface area (Å²) in [5.74, 6) is 1.72. The molecule has 0 amide bonds. The van der Waals surface area contributed by atoms with E-state index in [1.165, 1.54) is 6.33 Å². The van der Waals surface area contributed by atoms with Crippen LogP contribution in [0.1, 0.15) is 18.3 Å². The zero-order chi connectivity index (χ0) is 14.2. The average molecular weight is 285 g/mol. The normalized spacial score (nSPS) is 22.2. The van der Waals surface area contributed by atoms with Gasteiger partial charge >= 0.3 is 0 Å². The van der Waals surface area contributed by atoms with Gasteiger partial charge in [-0.2, -0.15) is 5.10 Å². The van der Waals surface area contributed by atoms with E-state index in [2.05, 4.69) is 35.0 Å². The van der Waals surface area contributed by atoms with Crippen LogP contribution in [0.2, 0.25) is 0 Å². The van der Waals surface area contributed by atoms with E-state index in [1.807, 2.05) is 12.3 Å². The lowest BCUT2D eigenvalue weighted by Gasteiger charge is -2.24. The number of methoxy groups -OCH3 is 1. The Hall–Kier alpha value is -2.48. The van der Waals surface area contributed by atoms with Crippen molar-refractivity contribution in [2.24, 2.45) is 0 Å². The standard InChI is InChI=1S/C13H15N7O/c1-21-8-4-10(12-16-7-18-19-12)20(5-8)13-9-2-3-14-11(9)15-6-17-13/h2-3,6-8,10H,4-5H2,1H3,(H,14,15,17)(H,16,18,19)/t8-,10+/m1/s1. The average Bonchev–Trinajstić information content (AvgIpc) is 3.25. The van der Waals surface area contributed by atoms with Crippen LogP contribution in [0.3, 0.4) is 0 Å². The van der Waals surface area contributed by atoms with E-state index < -0.39 is 0 Å². The van der Waals surface area contributed by atoms with Crippen molar-refractivity contribution in [1.82, 2.24) is 30.1 Å². The van der Waals surface area contributed by atoms with Crippen LogP contribution in [0.5, 0.6) is 0 Å². The Morgan fingerprint density at radius 2 is 2.24 bits per heavy atom. The largest absolute Gasteiger partial charge is 0.380 e. The van der Waals surface area contributed by atoms with Gasteiger partial charge in [0.15, 0.2) is 0 Å². The van der Waals surface area contributed by atoms with E-state index in [1.54, 1.807) is 13.4 Å². The summed E-state index contributed by atoms with van der Waals surface area (Å²) < 4.78 is 5.53. The molecule has 2 atom stereocenters. The first-order valence-electron chi connectivity index (χ1n) is 6.79. The minimum atomic E-state index is 0.0745. The van der Waals surface area contributed by atoms with Crippen molar-refractivity contribution < 1.29 is 4.74 Å². The number of aromatic nitrogens is 6. The molecule has 1 aliphatic heterocycles. The van der Waals surface area contributed by atoms with E-state index in [-0.39, 0.29) is 12.1 Å². The fourth-order valence-electron chi connectivity index (χ4n) is 2.92. The summed E-state index contributed by atoms with van der Waals surface area (Å²) in [6.07, 6.45) is 5.97. The van der Waals surface area contributed by atoms with Gasteiger partial charge in [-0.05, 0) is 6.07 Å². The van der Waals surface area contributed by atoms with E-state index in [9.17, 15) is 0 Å². The topological polar surface area (TPSA) is 95.6 Å². The van der Waals surface area contributed by atoms with Crippen molar-refractivity contribution in [3.8, 4) is 0 Å². The molecule has 0 aromatic carbocycles. The minimum absolute atomic E-state index is 0.0745. The molecule has 4 rings (SSSR count). The van der Waals surface area contributed by atoms with E-state index in [4.69, 9.17) is 4.74 Å². The first-order chi connectivity index (χ1) is 10.4. The zero-order valence-electron chi connectivity index (χ0n) is 11.5. The molecule has 4 heterocycles. The van der Waals surface area contributed by atoms with Gasteiger partial charge in [0, 0.05) is 26.3 Å². The maximum Gasteiger partial charge on any atom is 0.147 e. The van der Waals surface area contributed by atoms with Crippen LogP contribution in [-0.4, -0.2) is 49.9 Å². The van der Waals surface area contributed by atoms with Gasteiger partial charge in [-0.25, -0.2) is 15.0 Å². The number of fused-ring (bicyclic) bond motifs is 1. The Bertz CT molecular complexity index is 738. The SMILES string of the molecule is CO[C@@H]1C[C@@H](c2ncn[nH]2)N(c2ncnc3[nH]ccc23)C1. The number of aromatic amines is 2. The Kier molecular flexibility index (Phi) is 2.81. The Morgan fingerprint density at radius 3 is 3.05 bits per heavy atom. The molecule has 3 aromatic rings. The highest BCUT2D eigenvalue weighted by Crippen LogP contribution is 2.37. The summed E-state index contributed by atoms with van der Waals surface area (Å²) in [6.45, 7) is 0.763. The lowest BCUT2D eigenvalue weighted by atomic mass is 10.2. The van der Waals surface area contributed by atoms with Crippen molar-refractivity contribution in [2.45, 2.75) is 18.6 Å². The van der Waals surface area contributed by atoms with Crippen molar-refractivity contribution >= 4 is 16.9 Å². The van der Waals surface area contributed by atoms with Crippen molar-refractivity contribution in [1.29, 1.82) is 0 Å². The highest BCUT2D eigenvalue weighted by molar-refractivity contribution is 5.87. The molecule has 2 N–H and O–H groups in total. The second-order valence-electron chi connectivity index (χ2n) is 5.07. The van der Waals surface area contributed by atoms with Crippen LogP contribution in [0.25, 0.3) is 11.0 Å². The van der Waals surface area contributed by atoms with Gasteiger partial charge in [0.1, 0.15) is 29.9 Å². The predicted molar refractivity (Wildman–Crippen MR) is 75.8 cm³/mol. The van der Waals surface area contributed by atoms with E-state index in [0.717, 1.165) is 35.6 Å². The molecular formula is C13H15N7O. The van der Waals surface area contributed by atoms with Gasteiger partial charge in [0.25, 0.3) is 0 Å². The van der Waals surface area contributed by atoms with Gasteiger partial charge in [0.05, 0.1) is 17.5 Å². The third-order valence-corrected chi connectivity index (χ3v) is 3.95. The van der Waals surface area contributed by atoms with Gasteiger partial charge < -0.3 is 14.6 Å². The van der Waals surface area contributed by atoms with Crippen LogP contribution in [-0.2, 0) is 4.74 Å². The molecule has 1 aliphatic rings. The maximum atomic E-state index is 5.53.